The first kappa shape index (κ1) is 15.7. The van der Waals surface area contributed by atoms with Gasteiger partial charge in [0, 0.05) is 22.9 Å². The smallest absolute Gasteiger partial charge is 0.125 e. The van der Waals surface area contributed by atoms with Gasteiger partial charge in [-0.25, -0.2) is 0 Å². The minimum atomic E-state index is 0.736. The Hall–Kier alpha value is -0.380. The van der Waals surface area contributed by atoms with E-state index in [2.05, 4.69) is 19.2 Å². The van der Waals surface area contributed by atoms with Gasteiger partial charge < -0.3 is 10.1 Å². The van der Waals surface area contributed by atoms with Crippen molar-refractivity contribution in [3.05, 3.63) is 28.8 Å². The maximum Gasteiger partial charge on any atom is 0.125 e. The van der Waals surface area contributed by atoms with Crippen molar-refractivity contribution in [2.75, 3.05) is 24.7 Å². The van der Waals surface area contributed by atoms with Gasteiger partial charge in [-0.2, -0.15) is 11.8 Å². The number of halogens is 1. The van der Waals surface area contributed by atoms with E-state index in [-0.39, 0.29) is 0 Å². The quantitative estimate of drug-likeness (QED) is 0.695. The lowest BCUT2D eigenvalue weighted by molar-refractivity contribution is 0.339. The van der Waals surface area contributed by atoms with Gasteiger partial charge in [-0.1, -0.05) is 31.5 Å². The fraction of sp³-hybridized carbons (Fsp3) is 0.571. The molecule has 0 spiro atoms. The van der Waals surface area contributed by atoms with Crippen LogP contribution in [0, 0.1) is 0 Å². The van der Waals surface area contributed by atoms with Crippen LogP contribution in [0.4, 0.5) is 0 Å². The third-order valence-corrected chi connectivity index (χ3v) is 3.71. The molecule has 1 aromatic rings. The highest BCUT2D eigenvalue weighted by Gasteiger charge is 2.07. The average molecular weight is 288 g/mol. The molecule has 18 heavy (non-hydrogen) atoms. The average Bonchev–Trinajstić information content (AvgIpc) is 2.37. The molecule has 0 aliphatic heterocycles. The van der Waals surface area contributed by atoms with E-state index < -0.39 is 0 Å². The SMILES string of the molecule is CCCNCc1c(Cl)cccc1OCCSCC. The Kier molecular flexibility index (Phi) is 8.31. The minimum Gasteiger partial charge on any atom is -0.492 e. The van der Waals surface area contributed by atoms with Gasteiger partial charge in [-0.15, -0.1) is 0 Å². The van der Waals surface area contributed by atoms with Crippen molar-refractivity contribution in [1.29, 1.82) is 0 Å². The third kappa shape index (κ3) is 5.51. The monoisotopic (exact) mass is 287 g/mol. The molecule has 0 aliphatic carbocycles. The second kappa shape index (κ2) is 9.54. The summed E-state index contributed by atoms with van der Waals surface area (Å²) < 4.78 is 5.81. The fourth-order valence-corrected chi connectivity index (χ4v) is 2.31. The van der Waals surface area contributed by atoms with E-state index in [0.29, 0.717) is 0 Å². The first-order valence-electron chi connectivity index (χ1n) is 6.48. The molecule has 0 bridgehead atoms. The number of benzene rings is 1. The van der Waals surface area contributed by atoms with Crippen molar-refractivity contribution < 1.29 is 4.74 Å². The Balaban J connectivity index is 2.56. The normalized spacial score (nSPS) is 10.6. The summed E-state index contributed by atoms with van der Waals surface area (Å²) in [4.78, 5) is 0. The van der Waals surface area contributed by atoms with Crippen LogP contribution < -0.4 is 10.1 Å². The molecule has 1 N–H and O–H groups in total. The molecular formula is C14H22ClNOS. The van der Waals surface area contributed by atoms with E-state index >= 15 is 0 Å². The number of rotatable bonds is 9. The van der Waals surface area contributed by atoms with Crippen LogP contribution >= 0.6 is 23.4 Å². The highest BCUT2D eigenvalue weighted by Crippen LogP contribution is 2.26. The molecule has 0 fully saturated rings. The number of nitrogens with one attached hydrogen (secondary N) is 1. The fourth-order valence-electron chi connectivity index (χ4n) is 1.59. The van der Waals surface area contributed by atoms with E-state index in [0.717, 1.165) is 54.0 Å². The van der Waals surface area contributed by atoms with Crippen LogP contribution in [0.15, 0.2) is 18.2 Å². The molecule has 0 saturated carbocycles. The van der Waals surface area contributed by atoms with Crippen molar-refractivity contribution in [2.24, 2.45) is 0 Å². The Bertz CT molecular complexity index is 347. The highest BCUT2D eigenvalue weighted by atomic mass is 35.5. The largest absolute Gasteiger partial charge is 0.492 e. The molecule has 0 saturated heterocycles. The Morgan fingerprint density at radius 1 is 1.33 bits per heavy atom. The maximum absolute atomic E-state index is 6.22. The van der Waals surface area contributed by atoms with E-state index in [1.165, 1.54) is 0 Å². The van der Waals surface area contributed by atoms with Crippen molar-refractivity contribution >= 4 is 23.4 Å². The molecule has 0 aromatic heterocycles. The van der Waals surface area contributed by atoms with Crippen LogP contribution in [0.25, 0.3) is 0 Å². The molecule has 0 radical (unpaired) electrons. The second-order valence-electron chi connectivity index (χ2n) is 3.94. The van der Waals surface area contributed by atoms with Gasteiger partial charge in [0.05, 0.1) is 6.61 Å². The second-order valence-corrected chi connectivity index (χ2v) is 5.74. The van der Waals surface area contributed by atoms with Gasteiger partial charge in [-0.3, -0.25) is 0 Å². The Morgan fingerprint density at radius 3 is 2.89 bits per heavy atom. The highest BCUT2D eigenvalue weighted by molar-refractivity contribution is 7.99. The van der Waals surface area contributed by atoms with Crippen LogP contribution in [0.5, 0.6) is 5.75 Å². The molecule has 4 heteroatoms. The standard InChI is InChI=1S/C14H22ClNOS/c1-3-8-16-11-12-13(15)6-5-7-14(12)17-9-10-18-4-2/h5-7,16H,3-4,8-11H2,1-2H3. The predicted molar refractivity (Wildman–Crippen MR) is 81.9 cm³/mol. The summed E-state index contributed by atoms with van der Waals surface area (Å²) in [6.45, 7) is 6.81. The molecule has 2 nitrogen and oxygen atoms in total. The summed E-state index contributed by atoms with van der Waals surface area (Å²) in [5.41, 5.74) is 1.06. The molecular weight excluding hydrogens is 266 g/mol. The summed E-state index contributed by atoms with van der Waals surface area (Å²) in [6, 6.07) is 5.84. The predicted octanol–water partition coefficient (Wildman–Crippen LogP) is 3.97. The van der Waals surface area contributed by atoms with Crippen molar-refractivity contribution in [3.8, 4) is 5.75 Å². The molecule has 0 aliphatic rings. The van der Waals surface area contributed by atoms with Crippen LogP contribution in [-0.4, -0.2) is 24.7 Å². The van der Waals surface area contributed by atoms with Crippen LogP contribution in [0.3, 0.4) is 0 Å². The maximum atomic E-state index is 6.22. The van der Waals surface area contributed by atoms with E-state index in [1.54, 1.807) is 0 Å². The first-order valence-corrected chi connectivity index (χ1v) is 8.01. The van der Waals surface area contributed by atoms with Gasteiger partial charge in [0.2, 0.25) is 0 Å². The summed E-state index contributed by atoms with van der Waals surface area (Å²) in [7, 11) is 0. The number of hydrogen-bond donors (Lipinski definition) is 1. The minimum absolute atomic E-state index is 0.736. The van der Waals surface area contributed by atoms with Gasteiger partial charge in [0.15, 0.2) is 0 Å². The van der Waals surface area contributed by atoms with E-state index in [9.17, 15) is 0 Å². The lowest BCUT2D eigenvalue weighted by Crippen LogP contribution is -2.15. The summed E-state index contributed by atoms with van der Waals surface area (Å²) >= 11 is 8.11. The van der Waals surface area contributed by atoms with Gasteiger partial charge >= 0.3 is 0 Å². The summed E-state index contributed by atoms with van der Waals surface area (Å²) in [6.07, 6.45) is 1.12. The Labute approximate surface area is 119 Å². The van der Waals surface area contributed by atoms with Crippen LogP contribution in [0.1, 0.15) is 25.8 Å². The first-order chi connectivity index (χ1) is 8.79. The lowest BCUT2D eigenvalue weighted by Gasteiger charge is -2.13. The zero-order valence-corrected chi connectivity index (χ0v) is 12.7. The lowest BCUT2D eigenvalue weighted by atomic mass is 10.2. The van der Waals surface area contributed by atoms with Crippen molar-refractivity contribution in [2.45, 2.75) is 26.8 Å². The number of hydrogen-bond acceptors (Lipinski definition) is 3. The number of thioether (sulfide) groups is 1. The van der Waals surface area contributed by atoms with Crippen LogP contribution in [-0.2, 0) is 6.54 Å². The molecule has 1 aromatic carbocycles. The van der Waals surface area contributed by atoms with Crippen LogP contribution in [0.2, 0.25) is 5.02 Å². The Morgan fingerprint density at radius 2 is 2.17 bits per heavy atom. The van der Waals surface area contributed by atoms with Gasteiger partial charge in [0.25, 0.3) is 0 Å². The van der Waals surface area contributed by atoms with E-state index in [4.69, 9.17) is 16.3 Å². The van der Waals surface area contributed by atoms with Gasteiger partial charge in [0.1, 0.15) is 5.75 Å². The van der Waals surface area contributed by atoms with E-state index in [1.807, 2.05) is 30.0 Å². The molecule has 0 atom stereocenters. The number of ether oxygens (including phenoxy) is 1. The third-order valence-electron chi connectivity index (χ3n) is 2.49. The van der Waals surface area contributed by atoms with Crippen molar-refractivity contribution in [1.82, 2.24) is 5.32 Å². The molecule has 0 heterocycles. The molecule has 1 rings (SSSR count). The molecule has 0 unspecified atom stereocenters. The zero-order valence-electron chi connectivity index (χ0n) is 11.2. The molecule has 0 amide bonds. The summed E-state index contributed by atoms with van der Waals surface area (Å²) in [5, 5.41) is 4.14. The summed E-state index contributed by atoms with van der Waals surface area (Å²) in [5.74, 6) is 3.05. The molecule has 102 valence electrons. The topological polar surface area (TPSA) is 21.3 Å². The zero-order chi connectivity index (χ0) is 13.2. The van der Waals surface area contributed by atoms with Crippen molar-refractivity contribution in [3.63, 3.8) is 0 Å². The van der Waals surface area contributed by atoms with Gasteiger partial charge in [-0.05, 0) is 30.9 Å².